The van der Waals surface area contributed by atoms with Gasteiger partial charge in [0.2, 0.25) is 5.82 Å². The van der Waals surface area contributed by atoms with Crippen LogP contribution in [0, 0.1) is 10.1 Å². The second kappa shape index (κ2) is 5.80. The Morgan fingerprint density at radius 3 is 2.71 bits per heavy atom. The zero-order valence-electron chi connectivity index (χ0n) is 13.6. The van der Waals surface area contributed by atoms with Gasteiger partial charge in [-0.05, 0) is 45.0 Å². The van der Waals surface area contributed by atoms with Crippen LogP contribution in [0.3, 0.4) is 0 Å². The van der Waals surface area contributed by atoms with Gasteiger partial charge in [-0.3, -0.25) is 15.2 Å². The van der Waals surface area contributed by atoms with Crippen LogP contribution in [0.1, 0.15) is 20.8 Å². The lowest BCUT2D eigenvalue weighted by molar-refractivity contribution is -0.384. The van der Waals surface area contributed by atoms with Crippen LogP contribution in [0.25, 0.3) is 10.9 Å². The maximum atomic E-state index is 11.2. The summed E-state index contributed by atoms with van der Waals surface area (Å²) in [5.41, 5.74) is 1.37. The van der Waals surface area contributed by atoms with E-state index in [1.165, 1.54) is 6.07 Å². The molecule has 8 nitrogen and oxygen atoms in total. The first-order valence-corrected chi connectivity index (χ1v) is 7.46. The van der Waals surface area contributed by atoms with Gasteiger partial charge in [0.15, 0.2) is 0 Å². The number of nitro groups is 1. The lowest BCUT2D eigenvalue weighted by Gasteiger charge is -2.21. The lowest BCUT2D eigenvalue weighted by Crippen LogP contribution is -2.27. The highest BCUT2D eigenvalue weighted by Crippen LogP contribution is 2.28. The molecule has 24 heavy (non-hydrogen) atoms. The van der Waals surface area contributed by atoms with Gasteiger partial charge in [0.25, 0.3) is 0 Å². The molecule has 0 unspecified atom stereocenters. The molecule has 0 radical (unpaired) electrons. The number of hydrogen-bond acceptors (Lipinski definition) is 6. The Hall–Kier alpha value is -3.16. The summed E-state index contributed by atoms with van der Waals surface area (Å²) in [6, 6.07) is 8.76. The molecule has 2 aromatic heterocycles. The molecule has 0 atom stereocenters. The average molecular weight is 326 g/mol. The van der Waals surface area contributed by atoms with Crippen molar-refractivity contribution in [2.45, 2.75) is 26.3 Å². The standard InChI is InChI=1S/C16H18N6O2/c1-16(2,3)20-15-13(22(23)24)6-7-14(19-15)18-11-4-5-12-10(8-11)9-17-21-12/h4-9H,1-3H3,(H,17,21)(H2,18,19,20). The maximum absolute atomic E-state index is 11.2. The van der Waals surface area contributed by atoms with Crippen molar-refractivity contribution < 1.29 is 4.92 Å². The molecule has 0 aliphatic carbocycles. The fourth-order valence-electron chi connectivity index (χ4n) is 2.28. The maximum Gasteiger partial charge on any atom is 0.311 e. The van der Waals surface area contributed by atoms with E-state index in [1.807, 2.05) is 39.0 Å². The van der Waals surface area contributed by atoms with Crippen LogP contribution in [-0.4, -0.2) is 25.6 Å². The van der Waals surface area contributed by atoms with Crippen LogP contribution >= 0.6 is 0 Å². The van der Waals surface area contributed by atoms with Gasteiger partial charge in [-0.25, -0.2) is 4.98 Å². The number of H-pyrrole nitrogens is 1. The summed E-state index contributed by atoms with van der Waals surface area (Å²) in [6.07, 6.45) is 1.73. The van der Waals surface area contributed by atoms with E-state index < -0.39 is 4.92 Å². The van der Waals surface area contributed by atoms with Crippen LogP contribution in [-0.2, 0) is 0 Å². The highest BCUT2D eigenvalue weighted by Gasteiger charge is 2.20. The minimum Gasteiger partial charge on any atom is -0.360 e. The smallest absolute Gasteiger partial charge is 0.311 e. The fourth-order valence-corrected chi connectivity index (χ4v) is 2.28. The Labute approximate surface area is 138 Å². The van der Waals surface area contributed by atoms with Gasteiger partial charge in [-0.1, -0.05) is 0 Å². The molecule has 3 N–H and O–H groups in total. The Morgan fingerprint density at radius 2 is 2.00 bits per heavy atom. The van der Waals surface area contributed by atoms with Gasteiger partial charge in [-0.2, -0.15) is 5.10 Å². The van der Waals surface area contributed by atoms with Gasteiger partial charge in [0.05, 0.1) is 16.6 Å². The SMILES string of the molecule is CC(C)(C)Nc1nc(Nc2ccc3[nH]ncc3c2)ccc1[N+](=O)[O-]. The topological polar surface area (TPSA) is 109 Å². The molecule has 0 spiro atoms. The summed E-state index contributed by atoms with van der Waals surface area (Å²) in [7, 11) is 0. The van der Waals surface area contributed by atoms with Crippen LogP contribution < -0.4 is 10.6 Å². The first-order chi connectivity index (χ1) is 11.3. The Balaban J connectivity index is 1.92. The number of pyridine rings is 1. The number of rotatable bonds is 4. The number of nitrogens with one attached hydrogen (secondary N) is 3. The van der Waals surface area contributed by atoms with E-state index >= 15 is 0 Å². The molecule has 8 heteroatoms. The quantitative estimate of drug-likeness (QED) is 0.497. The Morgan fingerprint density at radius 1 is 1.21 bits per heavy atom. The minimum absolute atomic E-state index is 0.0549. The molecule has 124 valence electrons. The van der Waals surface area contributed by atoms with Crippen LogP contribution in [0.2, 0.25) is 0 Å². The van der Waals surface area contributed by atoms with Crippen molar-refractivity contribution in [3.05, 3.63) is 46.6 Å². The molecule has 0 saturated carbocycles. The molecule has 0 bridgehead atoms. The monoisotopic (exact) mass is 326 g/mol. The van der Waals surface area contributed by atoms with Gasteiger partial charge < -0.3 is 10.6 Å². The fraction of sp³-hybridized carbons (Fsp3) is 0.250. The summed E-state index contributed by atoms with van der Waals surface area (Å²) < 4.78 is 0. The normalized spacial score (nSPS) is 11.5. The molecular weight excluding hydrogens is 308 g/mol. The van der Waals surface area contributed by atoms with E-state index in [1.54, 1.807) is 12.3 Å². The molecule has 0 amide bonds. The van der Waals surface area contributed by atoms with Crippen molar-refractivity contribution in [2.24, 2.45) is 0 Å². The second-order valence-electron chi connectivity index (χ2n) is 6.49. The lowest BCUT2D eigenvalue weighted by atomic mass is 10.1. The number of aromatic amines is 1. The zero-order valence-corrected chi connectivity index (χ0v) is 13.6. The summed E-state index contributed by atoms with van der Waals surface area (Å²) in [6.45, 7) is 5.77. The van der Waals surface area contributed by atoms with Gasteiger partial charge in [-0.15, -0.1) is 0 Å². The van der Waals surface area contributed by atoms with Crippen molar-refractivity contribution >= 4 is 33.9 Å². The van der Waals surface area contributed by atoms with E-state index in [-0.39, 0.29) is 17.0 Å². The summed E-state index contributed by atoms with van der Waals surface area (Å²) in [5, 5.41) is 25.3. The van der Waals surface area contributed by atoms with Crippen molar-refractivity contribution in [1.29, 1.82) is 0 Å². The van der Waals surface area contributed by atoms with Crippen LogP contribution in [0.5, 0.6) is 0 Å². The number of anilines is 3. The summed E-state index contributed by atoms with van der Waals surface area (Å²) in [4.78, 5) is 15.1. The molecule has 2 heterocycles. The van der Waals surface area contributed by atoms with Crippen LogP contribution in [0.15, 0.2) is 36.5 Å². The van der Waals surface area contributed by atoms with E-state index in [2.05, 4.69) is 25.8 Å². The highest BCUT2D eigenvalue weighted by molar-refractivity contribution is 5.82. The van der Waals surface area contributed by atoms with Crippen molar-refractivity contribution in [2.75, 3.05) is 10.6 Å². The predicted molar refractivity (Wildman–Crippen MR) is 93.6 cm³/mol. The predicted octanol–water partition coefficient (Wildman–Crippen LogP) is 3.82. The summed E-state index contributed by atoms with van der Waals surface area (Å²) in [5.74, 6) is 0.761. The van der Waals surface area contributed by atoms with E-state index in [9.17, 15) is 10.1 Å². The summed E-state index contributed by atoms with van der Waals surface area (Å²) >= 11 is 0. The second-order valence-corrected chi connectivity index (χ2v) is 6.49. The third kappa shape index (κ3) is 3.43. The molecule has 0 saturated heterocycles. The van der Waals surface area contributed by atoms with Crippen molar-refractivity contribution in [3.8, 4) is 0 Å². The largest absolute Gasteiger partial charge is 0.360 e. The molecule has 0 fully saturated rings. The van der Waals surface area contributed by atoms with E-state index in [4.69, 9.17) is 0 Å². The molecule has 0 aliphatic heterocycles. The first-order valence-electron chi connectivity index (χ1n) is 7.46. The molecule has 3 rings (SSSR count). The van der Waals surface area contributed by atoms with E-state index in [0.29, 0.717) is 5.82 Å². The van der Waals surface area contributed by atoms with Gasteiger partial charge in [0, 0.05) is 22.7 Å². The van der Waals surface area contributed by atoms with Crippen molar-refractivity contribution in [3.63, 3.8) is 0 Å². The third-order valence-corrected chi connectivity index (χ3v) is 3.28. The highest BCUT2D eigenvalue weighted by atomic mass is 16.6. The number of aromatic nitrogens is 3. The number of hydrogen-bond donors (Lipinski definition) is 3. The minimum atomic E-state index is -0.442. The van der Waals surface area contributed by atoms with Crippen LogP contribution in [0.4, 0.5) is 23.0 Å². The molecular formula is C16H18N6O2. The Bertz CT molecular complexity index is 897. The zero-order chi connectivity index (χ0) is 17.3. The van der Waals surface area contributed by atoms with E-state index in [0.717, 1.165) is 16.6 Å². The number of fused-ring (bicyclic) bond motifs is 1. The Kier molecular flexibility index (Phi) is 3.80. The number of nitrogens with zero attached hydrogens (tertiary/aromatic N) is 3. The van der Waals surface area contributed by atoms with Crippen molar-refractivity contribution in [1.82, 2.24) is 15.2 Å². The average Bonchev–Trinajstić information content (AvgIpc) is 2.93. The number of benzene rings is 1. The molecule has 1 aromatic carbocycles. The molecule has 3 aromatic rings. The van der Waals surface area contributed by atoms with Gasteiger partial charge >= 0.3 is 5.69 Å². The molecule has 0 aliphatic rings. The van der Waals surface area contributed by atoms with Gasteiger partial charge in [0.1, 0.15) is 5.82 Å². The first kappa shape index (κ1) is 15.7. The third-order valence-electron chi connectivity index (χ3n) is 3.28.